The molecule has 0 aliphatic carbocycles. The normalized spacial score (nSPS) is 10.6. The zero-order chi connectivity index (χ0) is 17.5. The van der Waals surface area contributed by atoms with Crippen LogP contribution in [0.2, 0.25) is 0 Å². The number of aryl methyl sites for hydroxylation is 1. The van der Waals surface area contributed by atoms with Gasteiger partial charge in [0.15, 0.2) is 4.34 Å². The van der Waals surface area contributed by atoms with Crippen LogP contribution in [0.1, 0.15) is 22.3 Å². The van der Waals surface area contributed by atoms with E-state index in [0.29, 0.717) is 10.7 Å². The highest BCUT2D eigenvalue weighted by molar-refractivity contribution is 8.01. The molecule has 0 spiro atoms. The van der Waals surface area contributed by atoms with Gasteiger partial charge in [-0.3, -0.25) is 10.1 Å². The second-order valence-electron chi connectivity index (χ2n) is 5.27. The summed E-state index contributed by atoms with van der Waals surface area (Å²) in [7, 11) is 0. The Labute approximate surface area is 153 Å². The van der Waals surface area contributed by atoms with Gasteiger partial charge in [-0.15, -0.1) is 10.2 Å². The van der Waals surface area contributed by atoms with Crippen molar-refractivity contribution in [3.8, 4) is 0 Å². The third kappa shape index (κ3) is 5.37. The Morgan fingerprint density at radius 3 is 2.60 bits per heavy atom. The number of aromatic nitrogens is 2. The largest absolute Gasteiger partial charge is 0.296 e. The lowest BCUT2D eigenvalue weighted by molar-refractivity contribution is 0.102. The highest BCUT2D eigenvalue weighted by Crippen LogP contribution is 2.26. The number of thioether (sulfide) groups is 1. The Morgan fingerprint density at radius 2 is 1.84 bits per heavy atom. The van der Waals surface area contributed by atoms with Crippen LogP contribution in [0.5, 0.6) is 0 Å². The SMILES string of the molecule is O=C(Nc1nnc(SCCCc2ccccc2)s1)c1ccc(F)cc1. The standard InChI is InChI=1S/C18H16FN3OS2/c19-15-10-8-14(9-11-15)16(23)20-17-21-22-18(25-17)24-12-4-7-13-5-2-1-3-6-13/h1-3,5-6,8-11H,4,7,12H2,(H,20,21,23). The molecule has 3 rings (SSSR count). The molecular weight excluding hydrogens is 357 g/mol. The topological polar surface area (TPSA) is 54.9 Å². The van der Waals surface area contributed by atoms with E-state index in [2.05, 4.69) is 27.6 Å². The zero-order valence-corrected chi connectivity index (χ0v) is 14.9. The summed E-state index contributed by atoms with van der Waals surface area (Å²) in [6.45, 7) is 0. The molecule has 0 saturated heterocycles. The molecular formula is C18H16FN3OS2. The third-order valence-corrected chi connectivity index (χ3v) is 5.47. The molecule has 2 aromatic carbocycles. The van der Waals surface area contributed by atoms with Gasteiger partial charge in [-0.05, 0) is 42.7 Å². The fourth-order valence-corrected chi connectivity index (χ4v) is 3.93. The van der Waals surface area contributed by atoms with E-state index in [1.165, 1.54) is 41.2 Å². The second kappa shape index (κ2) is 8.73. The minimum Gasteiger partial charge on any atom is -0.296 e. The number of nitrogens with zero attached hydrogens (tertiary/aromatic N) is 2. The Bertz CT molecular complexity index is 822. The maximum Gasteiger partial charge on any atom is 0.257 e. The molecule has 1 heterocycles. The van der Waals surface area contributed by atoms with Crippen molar-refractivity contribution in [2.75, 3.05) is 11.1 Å². The molecule has 3 aromatic rings. The predicted octanol–water partition coefficient (Wildman–Crippen LogP) is 4.65. The number of hydrogen-bond acceptors (Lipinski definition) is 5. The van der Waals surface area contributed by atoms with Crippen molar-refractivity contribution in [3.63, 3.8) is 0 Å². The summed E-state index contributed by atoms with van der Waals surface area (Å²) in [5.41, 5.74) is 1.71. The summed E-state index contributed by atoms with van der Waals surface area (Å²) < 4.78 is 13.7. The summed E-state index contributed by atoms with van der Waals surface area (Å²) in [4.78, 5) is 12.1. The van der Waals surface area contributed by atoms with Gasteiger partial charge in [0, 0.05) is 11.3 Å². The summed E-state index contributed by atoms with van der Waals surface area (Å²) >= 11 is 2.97. The maximum absolute atomic E-state index is 12.9. The van der Waals surface area contributed by atoms with E-state index in [1.807, 2.05) is 18.2 Å². The first-order valence-corrected chi connectivity index (χ1v) is 9.58. The zero-order valence-electron chi connectivity index (χ0n) is 13.3. The van der Waals surface area contributed by atoms with E-state index in [9.17, 15) is 9.18 Å². The van der Waals surface area contributed by atoms with Crippen LogP contribution in [0.3, 0.4) is 0 Å². The number of anilines is 1. The van der Waals surface area contributed by atoms with E-state index in [1.54, 1.807) is 11.8 Å². The van der Waals surface area contributed by atoms with Crippen molar-refractivity contribution in [3.05, 3.63) is 71.5 Å². The molecule has 0 bridgehead atoms. The van der Waals surface area contributed by atoms with Gasteiger partial charge >= 0.3 is 0 Å². The molecule has 7 heteroatoms. The summed E-state index contributed by atoms with van der Waals surface area (Å²) in [6, 6.07) is 15.7. The molecule has 0 fully saturated rings. The molecule has 0 aliphatic rings. The quantitative estimate of drug-likeness (QED) is 0.372. The van der Waals surface area contributed by atoms with Gasteiger partial charge in [0.1, 0.15) is 5.82 Å². The molecule has 0 saturated carbocycles. The van der Waals surface area contributed by atoms with Crippen molar-refractivity contribution in [2.45, 2.75) is 17.2 Å². The van der Waals surface area contributed by atoms with E-state index in [0.717, 1.165) is 22.9 Å². The number of carbonyl (C=O) groups is 1. The molecule has 128 valence electrons. The van der Waals surface area contributed by atoms with Crippen LogP contribution in [0, 0.1) is 5.82 Å². The highest BCUT2D eigenvalue weighted by atomic mass is 32.2. The molecule has 4 nitrogen and oxygen atoms in total. The fourth-order valence-electron chi connectivity index (χ4n) is 2.17. The van der Waals surface area contributed by atoms with Crippen molar-refractivity contribution in [1.82, 2.24) is 10.2 Å². The Hall–Kier alpha value is -2.25. The summed E-state index contributed by atoms with van der Waals surface area (Å²) in [6.07, 6.45) is 2.08. The lowest BCUT2D eigenvalue weighted by atomic mass is 10.1. The molecule has 0 atom stereocenters. The molecule has 25 heavy (non-hydrogen) atoms. The number of carbonyl (C=O) groups excluding carboxylic acids is 1. The molecule has 0 unspecified atom stereocenters. The average molecular weight is 373 g/mol. The molecule has 0 radical (unpaired) electrons. The van der Waals surface area contributed by atoms with Gasteiger partial charge in [-0.25, -0.2) is 4.39 Å². The van der Waals surface area contributed by atoms with Crippen molar-refractivity contribution in [1.29, 1.82) is 0 Å². The van der Waals surface area contributed by atoms with Gasteiger partial charge < -0.3 is 0 Å². The van der Waals surface area contributed by atoms with Gasteiger partial charge in [-0.2, -0.15) is 0 Å². The van der Waals surface area contributed by atoms with Gasteiger partial charge in [-0.1, -0.05) is 53.4 Å². The second-order valence-corrected chi connectivity index (χ2v) is 7.59. The first-order valence-electron chi connectivity index (χ1n) is 7.78. The van der Waals surface area contributed by atoms with Crippen LogP contribution in [0.15, 0.2) is 58.9 Å². The Kier molecular flexibility index (Phi) is 6.14. The number of rotatable bonds is 7. The van der Waals surface area contributed by atoms with Gasteiger partial charge in [0.2, 0.25) is 5.13 Å². The number of benzene rings is 2. The lowest BCUT2D eigenvalue weighted by Crippen LogP contribution is -2.11. The van der Waals surface area contributed by atoms with Gasteiger partial charge in [0.05, 0.1) is 0 Å². The van der Waals surface area contributed by atoms with E-state index in [-0.39, 0.29) is 11.7 Å². The highest BCUT2D eigenvalue weighted by Gasteiger charge is 2.10. The number of halogens is 1. The Balaban J connectivity index is 1.45. The maximum atomic E-state index is 12.9. The third-order valence-electron chi connectivity index (χ3n) is 3.41. The van der Waals surface area contributed by atoms with Crippen molar-refractivity contribution < 1.29 is 9.18 Å². The van der Waals surface area contributed by atoms with Crippen LogP contribution < -0.4 is 5.32 Å². The van der Waals surface area contributed by atoms with Crippen LogP contribution >= 0.6 is 23.1 Å². The molecule has 1 N–H and O–H groups in total. The monoisotopic (exact) mass is 373 g/mol. The number of hydrogen-bond donors (Lipinski definition) is 1. The van der Waals surface area contributed by atoms with Crippen LogP contribution in [0.25, 0.3) is 0 Å². The van der Waals surface area contributed by atoms with Crippen LogP contribution in [0.4, 0.5) is 9.52 Å². The van der Waals surface area contributed by atoms with Crippen LogP contribution in [-0.2, 0) is 6.42 Å². The minimum atomic E-state index is -0.373. The predicted molar refractivity (Wildman–Crippen MR) is 99.7 cm³/mol. The van der Waals surface area contributed by atoms with E-state index in [4.69, 9.17) is 0 Å². The van der Waals surface area contributed by atoms with Crippen LogP contribution in [-0.4, -0.2) is 21.9 Å². The fraction of sp³-hybridized carbons (Fsp3) is 0.167. The Morgan fingerprint density at radius 1 is 1.08 bits per heavy atom. The summed E-state index contributed by atoms with van der Waals surface area (Å²) in [5, 5.41) is 11.2. The lowest BCUT2D eigenvalue weighted by Gasteiger charge is -2.00. The van der Waals surface area contributed by atoms with Crippen molar-refractivity contribution in [2.24, 2.45) is 0 Å². The molecule has 1 aromatic heterocycles. The van der Waals surface area contributed by atoms with Crippen molar-refractivity contribution >= 4 is 34.1 Å². The first-order chi connectivity index (χ1) is 12.2. The molecule has 0 aliphatic heterocycles. The number of amides is 1. The first kappa shape index (κ1) is 17.6. The van der Waals surface area contributed by atoms with E-state index >= 15 is 0 Å². The summed E-state index contributed by atoms with van der Waals surface area (Å²) in [5.74, 6) is 0.244. The molecule has 1 amide bonds. The minimum absolute atomic E-state index is 0.322. The number of nitrogens with one attached hydrogen (secondary N) is 1. The van der Waals surface area contributed by atoms with Gasteiger partial charge in [0.25, 0.3) is 5.91 Å². The smallest absolute Gasteiger partial charge is 0.257 e. The van der Waals surface area contributed by atoms with E-state index < -0.39 is 0 Å². The average Bonchev–Trinajstić information content (AvgIpc) is 3.07.